The van der Waals surface area contributed by atoms with Crippen molar-refractivity contribution in [2.75, 3.05) is 5.75 Å². The van der Waals surface area contributed by atoms with Crippen molar-refractivity contribution in [1.29, 1.82) is 0 Å². The van der Waals surface area contributed by atoms with Gasteiger partial charge in [0, 0.05) is 0 Å². The number of thiophene rings is 1. The lowest BCUT2D eigenvalue weighted by atomic mass is 10.0. The average molecular weight is 359 g/mol. The van der Waals surface area contributed by atoms with Crippen molar-refractivity contribution in [1.82, 2.24) is 15.5 Å². The van der Waals surface area contributed by atoms with Crippen molar-refractivity contribution >= 4 is 29.0 Å². The molecule has 2 aromatic heterocycles. The topological polar surface area (TPSA) is 68.0 Å². The number of hydrogen-bond donors (Lipinski definition) is 1. The smallest absolute Gasteiger partial charge is 0.277 e. The molecule has 124 valence electrons. The molecule has 0 saturated heterocycles. The lowest BCUT2D eigenvalue weighted by Gasteiger charge is -2.16. The summed E-state index contributed by atoms with van der Waals surface area (Å²) < 4.78 is 5.56. The number of aryl methyl sites for hydroxylation is 1. The van der Waals surface area contributed by atoms with Crippen LogP contribution in [0.3, 0.4) is 0 Å². The first-order valence-corrected chi connectivity index (χ1v) is 9.35. The van der Waals surface area contributed by atoms with E-state index in [0.29, 0.717) is 11.1 Å². The third-order valence-electron chi connectivity index (χ3n) is 3.50. The van der Waals surface area contributed by atoms with E-state index in [1.165, 1.54) is 23.1 Å². The molecule has 3 aromatic rings. The maximum absolute atomic E-state index is 12.1. The summed E-state index contributed by atoms with van der Waals surface area (Å²) in [5.74, 6) is 0.662. The van der Waals surface area contributed by atoms with E-state index in [1.807, 2.05) is 55.6 Å². The van der Waals surface area contributed by atoms with Crippen LogP contribution in [0.2, 0.25) is 0 Å². The number of nitrogens with zero attached hydrogens (tertiary/aromatic N) is 2. The Morgan fingerprint density at radius 1 is 1.29 bits per heavy atom. The lowest BCUT2D eigenvalue weighted by Crippen LogP contribution is -2.28. The summed E-state index contributed by atoms with van der Waals surface area (Å²) in [7, 11) is 0. The first kappa shape index (κ1) is 16.7. The molecular formula is C17H17N3O2S2. The third kappa shape index (κ3) is 4.04. The van der Waals surface area contributed by atoms with Gasteiger partial charge in [0.05, 0.1) is 16.7 Å². The Kier molecular flexibility index (Phi) is 5.32. The zero-order chi connectivity index (χ0) is 16.9. The van der Waals surface area contributed by atoms with Crippen LogP contribution in [-0.2, 0) is 4.79 Å². The van der Waals surface area contributed by atoms with Crippen molar-refractivity contribution in [3.05, 3.63) is 52.9 Å². The maximum Gasteiger partial charge on any atom is 0.277 e. The van der Waals surface area contributed by atoms with Crippen molar-refractivity contribution < 1.29 is 9.21 Å². The van der Waals surface area contributed by atoms with Gasteiger partial charge in [0.2, 0.25) is 5.91 Å². The van der Waals surface area contributed by atoms with Gasteiger partial charge in [-0.25, -0.2) is 0 Å². The fraction of sp³-hybridized carbons (Fsp3) is 0.235. The van der Waals surface area contributed by atoms with Crippen LogP contribution in [0.1, 0.15) is 24.1 Å². The van der Waals surface area contributed by atoms with Crippen LogP contribution in [0.25, 0.3) is 10.8 Å². The second kappa shape index (κ2) is 7.63. The molecule has 1 unspecified atom stereocenters. The Balaban J connectivity index is 1.53. The van der Waals surface area contributed by atoms with E-state index in [1.54, 1.807) is 0 Å². The Morgan fingerprint density at radius 2 is 2.12 bits per heavy atom. The van der Waals surface area contributed by atoms with Gasteiger partial charge in [-0.3, -0.25) is 4.79 Å². The molecule has 5 nitrogen and oxygen atoms in total. The molecule has 0 bridgehead atoms. The molecule has 1 atom stereocenters. The van der Waals surface area contributed by atoms with Gasteiger partial charge in [-0.1, -0.05) is 42.1 Å². The number of amides is 1. The predicted octanol–water partition coefficient (Wildman–Crippen LogP) is 4.08. The summed E-state index contributed by atoms with van der Waals surface area (Å²) in [4.78, 5) is 13.1. The van der Waals surface area contributed by atoms with E-state index in [9.17, 15) is 4.79 Å². The fourth-order valence-corrected chi connectivity index (χ4v) is 3.55. The Labute approximate surface area is 148 Å². The summed E-state index contributed by atoms with van der Waals surface area (Å²) in [6, 6.07) is 11.8. The minimum absolute atomic E-state index is 0.0383. The monoisotopic (exact) mass is 359 g/mol. The van der Waals surface area contributed by atoms with Crippen LogP contribution in [0.4, 0.5) is 0 Å². The number of aromatic nitrogens is 2. The van der Waals surface area contributed by atoms with Gasteiger partial charge in [-0.15, -0.1) is 21.5 Å². The minimum Gasteiger partial charge on any atom is -0.410 e. The fourth-order valence-electron chi connectivity index (χ4n) is 2.33. The van der Waals surface area contributed by atoms with Crippen LogP contribution >= 0.6 is 23.1 Å². The summed E-state index contributed by atoms with van der Waals surface area (Å²) in [5, 5.41) is 13.3. The zero-order valence-corrected chi connectivity index (χ0v) is 15.0. The van der Waals surface area contributed by atoms with Crippen LogP contribution in [-0.4, -0.2) is 21.9 Å². The summed E-state index contributed by atoms with van der Waals surface area (Å²) in [6.07, 6.45) is 0. The number of nitrogens with one attached hydrogen (secondary N) is 1. The Hall–Kier alpha value is -2.12. The molecule has 7 heteroatoms. The molecule has 1 amide bonds. The van der Waals surface area contributed by atoms with E-state index in [0.717, 1.165) is 16.0 Å². The van der Waals surface area contributed by atoms with Crippen LogP contribution in [0.5, 0.6) is 0 Å². The second-order valence-corrected chi connectivity index (χ2v) is 7.16. The number of thioether (sulfide) groups is 1. The molecule has 0 spiro atoms. The normalized spacial score (nSPS) is 12.1. The largest absolute Gasteiger partial charge is 0.410 e. The molecular weight excluding hydrogens is 342 g/mol. The molecule has 2 heterocycles. The molecule has 3 rings (SSSR count). The number of rotatable bonds is 6. The first-order chi connectivity index (χ1) is 11.6. The van der Waals surface area contributed by atoms with Crippen LogP contribution < -0.4 is 5.32 Å². The highest BCUT2D eigenvalue weighted by Gasteiger charge is 2.14. The van der Waals surface area contributed by atoms with Gasteiger partial charge in [0.25, 0.3) is 11.1 Å². The maximum atomic E-state index is 12.1. The van der Waals surface area contributed by atoms with Crippen LogP contribution in [0, 0.1) is 6.92 Å². The molecule has 0 saturated carbocycles. The standard InChI is InChI=1S/C17H17N3O2S2/c1-11-6-3-4-7-13(11)12(2)18-15(21)10-24-17-20-19-16(22-17)14-8-5-9-23-14/h3-9,12H,10H2,1-2H3,(H,18,21). The molecule has 1 aromatic carbocycles. The van der Waals surface area contributed by atoms with E-state index in [4.69, 9.17) is 4.42 Å². The van der Waals surface area contributed by atoms with Crippen molar-refractivity contribution in [2.24, 2.45) is 0 Å². The second-order valence-electron chi connectivity index (χ2n) is 5.28. The summed E-state index contributed by atoms with van der Waals surface area (Å²) >= 11 is 2.78. The van der Waals surface area contributed by atoms with Gasteiger partial charge in [0.1, 0.15) is 0 Å². The third-order valence-corrected chi connectivity index (χ3v) is 5.17. The lowest BCUT2D eigenvalue weighted by molar-refractivity contribution is -0.119. The SMILES string of the molecule is Cc1ccccc1C(C)NC(=O)CSc1nnc(-c2cccs2)o1. The molecule has 0 fully saturated rings. The first-order valence-electron chi connectivity index (χ1n) is 7.48. The number of carbonyl (C=O) groups is 1. The quantitative estimate of drug-likeness (QED) is 0.672. The predicted molar refractivity (Wildman–Crippen MR) is 96.1 cm³/mol. The van der Waals surface area contributed by atoms with E-state index in [-0.39, 0.29) is 17.7 Å². The van der Waals surface area contributed by atoms with Crippen LogP contribution in [0.15, 0.2) is 51.4 Å². The Bertz CT molecular complexity index is 815. The molecule has 0 aliphatic rings. The Morgan fingerprint density at radius 3 is 2.88 bits per heavy atom. The van der Waals surface area contributed by atoms with Gasteiger partial charge >= 0.3 is 0 Å². The highest BCUT2D eigenvalue weighted by atomic mass is 32.2. The molecule has 0 radical (unpaired) electrons. The van der Waals surface area contributed by atoms with Gasteiger partial charge in [-0.05, 0) is 36.4 Å². The number of carbonyl (C=O) groups excluding carboxylic acids is 1. The van der Waals surface area contributed by atoms with Gasteiger partial charge in [0.15, 0.2) is 0 Å². The average Bonchev–Trinajstić information content (AvgIpc) is 3.24. The van der Waals surface area contributed by atoms with Crippen molar-refractivity contribution in [3.8, 4) is 10.8 Å². The van der Waals surface area contributed by atoms with Crippen molar-refractivity contribution in [3.63, 3.8) is 0 Å². The van der Waals surface area contributed by atoms with Crippen molar-refractivity contribution in [2.45, 2.75) is 25.1 Å². The van der Waals surface area contributed by atoms with E-state index >= 15 is 0 Å². The van der Waals surface area contributed by atoms with E-state index in [2.05, 4.69) is 15.5 Å². The molecule has 0 aliphatic heterocycles. The minimum atomic E-state index is -0.0633. The zero-order valence-electron chi connectivity index (χ0n) is 13.4. The molecule has 24 heavy (non-hydrogen) atoms. The van der Waals surface area contributed by atoms with E-state index < -0.39 is 0 Å². The highest BCUT2D eigenvalue weighted by molar-refractivity contribution is 7.99. The van der Waals surface area contributed by atoms with Gasteiger partial charge < -0.3 is 9.73 Å². The molecule has 0 aliphatic carbocycles. The highest BCUT2D eigenvalue weighted by Crippen LogP contribution is 2.26. The molecule has 1 N–H and O–H groups in total. The summed E-state index contributed by atoms with van der Waals surface area (Å²) in [5.41, 5.74) is 2.28. The summed E-state index contributed by atoms with van der Waals surface area (Å²) in [6.45, 7) is 4.02. The number of hydrogen-bond acceptors (Lipinski definition) is 6. The number of benzene rings is 1. The van der Waals surface area contributed by atoms with Gasteiger partial charge in [-0.2, -0.15) is 0 Å².